The third-order valence-corrected chi connectivity index (χ3v) is 4.83. The summed E-state index contributed by atoms with van der Waals surface area (Å²) in [6, 6.07) is 11.1. The Morgan fingerprint density at radius 2 is 1.35 bits per heavy atom. The third-order valence-electron chi connectivity index (χ3n) is 4.83. The lowest BCUT2D eigenvalue weighted by molar-refractivity contribution is 0.392. The maximum absolute atomic E-state index is 13.6. The smallest absolute Gasteiger partial charge is 0.345 e. The average molecular weight is 496 g/mol. The molecule has 2 aromatic carbocycles. The molecule has 1 heterocycles. The molecular formula is C25H16N6O6. The van der Waals surface area contributed by atoms with Crippen LogP contribution in [0.1, 0.15) is 6.92 Å². The van der Waals surface area contributed by atoms with Crippen molar-refractivity contribution in [3.63, 3.8) is 0 Å². The highest BCUT2D eigenvalue weighted by Gasteiger charge is 2.20. The van der Waals surface area contributed by atoms with E-state index in [0.29, 0.717) is 13.7 Å². The van der Waals surface area contributed by atoms with Gasteiger partial charge in [0.25, 0.3) is 18.8 Å². The highest BCUT2D eigenvalue weighted by molar-refractivity contribution is 5.59. The Kier molecular flexibility index (Phi) is 7.86. The molecule has 0 bridgehead atoms. The van der Waals surface area contributed by atoms with Gasteiger partial charge in [0.1, 0.15) is 17.3 Å². The molecule has 0 saturated heterocycles. The number of nitriles is 3. The van der Waals surface area contributed by atoms with E-state index in [0.717, 1.165) is 6.08 Å². The highest BCUT2D eigenvalue weighted by atomic mass is 16.5. The van der Waals surface area contributed by atoms with E-state index in [1.807, 2.05) is 0 Å². The number of hydrogen-bond donors (Lipinski definition) is 0. The molecular weight excluding hydrogens is 480 g/mol. The Balaban J connectivity index is 2.49. The van der Waals surface area contributed by atoms with Crippen molar-refractivity contribution in [1.82, 2.24) is 13.7 Å². The molecule has 0 unspecified atom stereocenters. The highest BCUT2D eigenvalue weighted by Crippen LogP contribution is 2.17. The van der Waals surface area contributed by atoms with Crippen molar-refractivity contribution in [2.24, 2.45) is 0 Å². The molecule has 0 fully saturated rings. The number of benzene rings is 2. The summed E-state index contributed by atoms with van der Waals surface area (Å²) in [5.74, 6) is 0.0816. The second-order valence-corrected chi connectivity index (χ2v) is 6.89. The van der Waals surface area contributed by atoms with Gasteiger partial charge >= 0.3 is 17.1 Å². The lowest BCUT2D eigenvalue weighted by Crippen LogP contribution is -2.53. The molecule has 0 radical (unpaired) electrons. The SMILES string of the molecule is C=C/C(=C\C(=C/C)OC#N)n1c(=O)n(-c2cccc(OC#N)c2)c(=O)n(-c2cccc(OC#N)c2)c1=O. The van der Waals surface area contributed by atoms with Crippen LogP contribution in [-0.2, 0) is 4.74 Å². The van der Waals surface area contributed by atoms with Crippen molar-refractivity contribution < 1.29 is 14.2 Å². The number of rotatable bonds is 8. The summed E-state index contributed by atoms with van der Waals surface area (Å²) in [5.41, 5.74) is -3.37. The maximum atomic E-state index is 13.6. The van der Waals surface area contributed by atoms with Gasteiger partial charge in [-0.2, -0.15) is 0 Å². The second kappa shape index (κ2) is 11.4. The van der Waals surface area contributed by atoms with Gasteiger partial charge in [-0.3, -0.25) is 0 Å². The monoisotopic (exact) mass is 496 g/mol. The molecule has 0 spiro atoms. The first kappa shape index (κ1) is 25.6. The average Bonchev–Trinajstić information content (AvgIpc) is 2.88. The molecule has 0 N–H and O–H groups in total. The van der Waals surface area contributed by atoms with Crippen LogP contribution in [0.4, 0.5) is 0 Å². The van der Waals surface area contributed by atoms with E-state index in [9.17, 15) is 14.4 Å². The fourth-order valence-corrected chi connectivity index (χ4v) is 3.27. The summed E-state index contributed by atoms with van der Waals surface area (Å²) in [7, 11) is 0. The van der Waals surface area contributed by atoms with E-state index in [2.05, 4.69) is 6.58 Å². The fourth-order valence-electron chi connectivity index (χ4n) is 3.27. The van der Waals surface area contributed by atoms with Crippen molar-refractivity contribution in [1.29, 1.82) is 15.8 Å². The lowest BCUT2D eigenvalue weighted by atomic mass is 10.3. The van der Waals surface area contributed by atoms with Crippen LogP contribution in [-0.4, -0.2) is 13.7 Å². The van der Waals surface area contributed by atoms with Crippen LogP contribution in [0, 0.1) is 34.6 Å². The van der Waals surface area contributed by atoms with Gasteiger partial charge in [0.2, 0.25) is 0 Å². The molecule has 12 heteroatoms. The van der Waals surface area contributed by atoms with E-state index in [1.165, 1.54) is 79.4 Å². The van der Waals surface area contributed by atoms with Crippen molar-refractivity contribution >= 4 is 5.70 Å². The van der Waals surface area contributed by atoms with Crippen molar-refractivity contribution in [2.45, 2.75) is 6.92 Å². The van der Waals surface area contributed by atoms with Gasteiger partial charge in [0.15, 0.2) is 0 Å². The normalized spacial score (nSPS) is 11.0. The first-order chi connectivity index (χ1) is 17.9. The Labute approximate surface area is 208 Å². The quantitative estimate of drug-likeness (QED) is 0.258. The van der Waals surface area contributed by atoms with Gasteiger partial charge in [-0.05, 0) is 43.3 Å². The molecule has 0 aliphatic carbocycles. The maximum Gasteiger partial charge on any atom is 0.345 e. The number of aromatic nitrogens is 3. The zero-order chi connectivity index (χ0) is 26.9. The van der Waals surface area contributed by atoms with Crippen molar-refractivity contribution in [2.75, 3.05) is 0 Å². The molecule has 0 saturated carbocycles. The van der Waals surface area contributed by atoms with E-state index in [4.69, 9.17) is 30.0 Å². The Morgan fingerprint density at radius 3 is 1.76 bits per heavy atom. The molecule has 3 rings (SSSR count). The van der Waals surface area contributed by atoms with Gasteiger partial charge in [-0.15, -0.1) is 15.8 Å². The van der Waals surface area contributed by atoms with E-state index >= 15 is 0 Å². The van der Waals surface area contributed by atoms with Gasteiger partial charge in [0, 0.05) is 18.2 Å². The number of allylic oxidation sites excluding steroid dienone is 4. The largest absolute Gasteiger partial charge is 0.388 e. The molecule has 0 amide bonds. The van der Waals surface area contributed by atoms with E-state index in [-0.39, 0.29) is 34.3 Å². The van der Waals surface area contributed by atoms with Gasteiger partial charge in [-0.1, -0.05) is 18.7 Å². The lowest BCUT2D eigenvalue weighted by Gasteiger charge is -2.15. The van der Waals surface area contributed by atoms with Crippen LogP contribution in [0.2, 0.25) is 0 Å². The summed E-state index contributed by atoms with van der Waals surface area (Å²) in [6.45, 7) is 5.19. The van der Waals surface area contributed by atoms with E-state index < -0.39 is 17.1 Å². The molecule has 0 aliphatic heterocycles. The predicted molar refractivity (Wildman–Crippen MR) is 129 cm³/mol. The van der Waals surface area contributed by atoms with Crippen LogP contribution in [0.5, 0.6) is 11.5 Å². The Bertz CT molecular complexity index is 1640. The molecule has 182 valence electrons. The van der Waals surface area contributed by atoms with Crippen LogP contribution in [0.25, 0.3) is 17.1 Å². The molecule has 12 nitrogen and oxygen atoms in total. The summed E-state index contributed by atoms with van der Waals surface area (Å²) < 4.78 is 16.4. The second-order valence-electron chi connectivity index (χ2n) is 6.89. The van der Waals surface area contributed by atoms with Crippen molar-refractivity contribution in [3.8, 4) is 41.6 Å². The summed E-state index contributed by atoms with van der Waals surface area (Å²) in [6.07, 6.45) is 8.28. The van der Waals surface area contributed by atoms with Crippen molar-refractivity contribution in [3.05, 3.63) is 111 Å². The first-order valence-electron chi connectivity index (χ1n) is 10.3. The minimum atomic E-state index is -1.08. The molecule has 0 aliphatic rings. The summed E-state index contributed by atoms with van der Waals surface area (Å²) in [4.78, 5) is 40.7. The van der Waals surface area contributed by atoms with Crippen LogP contribution in [0.15, 0.2) is 93.5 Å². The van der Waals surface area contributed by atoms with E-state index in [1.54, 1.807) is 6.92 Å². The third kappa shape index (κ3) is 5.22. The fraction of sp³-hybridized carbons (Fsp3) is 0.0400. The Morgan fingerprint density at radius 1 is 0.838 bits per heavy atom. The topological polar surface area (TPSA) is 165 Å². The van der Waals surface area contributed by atoms with Crippen LogP contribution < -0.4 is 26.5 Å². The number of ether oxygens (including phenoxy) is 3. The number of nitrogens with zero attached hydrogens (tertiary/aromatic N) is 6. The predicted octanol–water partition coefficient (Wildman–Crippen LogP) is 2.30. The molecule has 37 heavy (non-hydrogen) atoms. The minimum Gasteiger partial charge on any atom is -0.388 e. The minimum absolute atomic E-state index is 0.00170. The van der Waals surface area contributed by atoms with Gasteiger partial charge < -0.3 is 14.2 Å². The zero-order valence-electron chi connectivity index (χ0n) is 19.2. The van der Waals surface area contributed by atoms with Crippen LogP contribution >= 0.6 is 0 Å². The van der Waals surface area contributed by atoms with Gasteiger partial charge in [-0.25, -0.2) is 28.1 Å². The number of hydrogen-bond acceptors (Lipinski definition) is 9. The molecule has 0 atom stereocenters. The first-order valence-corrected chi connectivity index (χ1v) is 10.3. The summed E-state index contributed by atoms with van der Waals surface area (Å²) in [5, 5.41) is 26.6. The standard InChI is InChI=1S/C25H16N6O6/c1-3-17(11-20(4-2)35-14-26)29-23(32)30(18-7-5-9-21(12-18)36-15-27)25(34)31(24(29)33)19-8-6-10-22(13-19)37-16-28/h3-13H,1H2,2H3/b17-11+,20-4+. The summed E-state index contributed by atoms with van der Waals surface area (Å²) >= 11 is 0. The zero-order valence-corrected chi connectivity index (χ0v) is 19.2. The molecule has 1 aromatic heterocycles. The van der Waals surface area contributed by atoms with Crippen LogP contribution in [0.3, 0.4) is 0 Å². The molecule has 3 aromatic rings. The van der Waals surface area contributed by atoms with Gasteiger partial charge in [0.05, 0.1) is 17.1 Å². The Hall–Kier alpha value is -6.06.